The highest BCUT2D eigenvalue weighted by Crippen LogP contribution is 2.34. The Hall–Kier alpha value is -4.20. The summed E-state index contributed by atoms with van der Waals surface area (Å²) in [5.41, 5.74) is 6.49. The van der Waals surface area contributed by atoms with E-state index in [1.165, 1.54) is 6.33 Å². The van der Waals surface area contributed by atoms with Gasteiger partial charge in [-0.1, -0.05) is 12.1 Å². The second-order valence-corrected chi connectivity index (χ2v) is 7.51. The molecule has 3 heterocycles. The number of benzene rings is 2. The predicted octanol–water partition coefficient (Wildman–Crippen LogP) is 3.78. The Bertz CT molecular complexity index is 1550. The molecule has 0 radical (unpaired) electrons. The van der Waals surface area contributed by atoms with Crippen LogP contribution in [0, 0.1) is 12.3 Å². The summed E-state index contributed by atoms with van der Waals surface area (Å²) in [7, 11) is 5.12. The first-order valence-electron chi connectivity index (χ1n) is 10.1. The number of imidazole rings is 1. The van der Waals surface area contributed by atoms with Gasteiger partial charge in [0.15, 0.2) is 11.5 Å². The van der Waals surface area contributed by atoms with Gasteiger partial charge in [-0.3, -0.25) is 15.0 Å². The van der Waals surface area contributed by atoms with Gasteiger partial charge in [0, 0.05) is 12.4 Å². The van der Waals surface area contributed by atoms with Crippen LogP contribution in [0.15, 0.2) is 55.1 Å². The van der Waals surface area contributed by atoms with Crippen LogP contribution in [0.2, 0.25) is 0 Å². The molecule has 0 aliphatic carbocycles. The Kier molecular flexibility index (Phi) is 4.62. The van der Waals surface area contributed by atoms with Crippen LogP contribution in [0.5, 0.6) is 11.5 Å². The largest absolute Gasteiger partial charge is 0.493 e. The van der Waals surface area contributed by atoms with E-state index < -0.39 is 0 Å². The van der Waals surface area contributed by atoms with Gasteiger partial charge in [-0.05, 0) is 42.3 Å². The quantitative estimate of drug-likeness (QED) is 0.472. The summed E-state index contributed by atoms with van der Waals surface area (Å²) in [5, 5.41) is 9.70. The van der Waals surface area contributed by atoms with Crippen molar-refractivity contribution in [3.05, 3.63) is 66.4 Å². The van der Waals surface area contributed by atoms with Gasteiger partial charge >= 0.3 is 0 Å². The third-order valence-corrected chi connectivity index (χ3v) is 5.78. The van der Waals surface area contributed by atoms with Gasteiger partial charge in [0.25, 0.3) is 0 Å². The van der Waals surface area contributed by atoms with Crippen molar-refractivity contribution in [1.82, 2.24) is 24.1 Å². The van der Waals surface area contributed by atoms with E-state index in [0.717, 1.165) is 44.4 Å². The smallest absolute Gasteiger partial charge is 0.207 e. The number of pyridine rings is 1. The van der Waals surface area contributed by atoms with Crippen LogP contribution < -0.4 is 15.1 Å². The van der Waals surface area contributed by atoms with Gasteiger partial charge in [-0.25, -0.2) is 9.97 Å². The summed E-state index contributed by atoms with van der Waals surface area (Å²) < 4.78 is 14.6. The number of rotatable bonds is 4. The van der Waals surface area contributed by atoms with E-state index in [-0.39, 0.29) is 0 Å². The molecule has 1 N–H and O–H groups in total. The Labute approximate surface area is 184 Å². The zero-order valence-corrected chi connectivity index (χ0v) is 18.2. The molecule has 0 aliphatic heterocycles. The number of fused-ring (bicyclic) bond motifs is 3. The minimum Gasteiger partial charge on any atom is -0.493 e. The van der Waals surface area contributed by atoms with Crippen molar-refractivity contribution in [1.29, 1.82) is 5.41 Å². The zero-order chi connectivity index (χ0) is 22.4. The van der Waals surface area contributed by atoms with E-state index in [2.05, 4.69) is 21.0 Å². The first kappa shape index (κ1) is 19.7. The van der Waals surface area contributed by atoms with Crippen molar-refractivity contribution >= 4 is 21.9 Å². The molecule has 0 atom stereocenters. The van der Waals surface area contributed by atoms with Crippen molar-refractivity contribution < 1.29 is 9.47 Å². The fourth-order valence-corrected chi connectivity index (χ4v) is 4.05. The molecule has 0 amide bonds. The predicted molar refractivity (Wildman–Crippen MR) is 122 cm³/mol. The van der Waals surface area contributed by atoms with Crippen LogP contribution in [0.4, 0.5) is 0 Å². The maximum atomic E-state index is 8.76. The van der Waals surface area contributed by atoms with E-state index in [1.807, 2.05) is 53.4 Å². The SMILES string of the molecule is COc1ccc(-c2ccc3ncc4c(c3c2)n(-c2cncnc2C)c(=N)n4C)cc1OC. The lowest BCUT2D eigenvalue weighted by Gasteiger charge is -2.11. The molecule has 0 aliphatic rings. The van der Waals surface area contributed by atoms with Crippen LogP contribution in [-0.2, 0) is 7.05 Å². The number of nitrogens with zero attached hydrogens (tertiary/aromatic N) is 5. The summed E-state index contributed by atoms with van der Waals surface area (Å²) in [6.07, 6.45) is 5.06. The Balaban J connectivity index is 1.83. The Morgan fingerprint density at radius 2 is 1.66 bits per heavy atom. The summed E-state index contributed by atoms with van der Waals surface area (Å²) in [6, 6.07) is 12.0. The molecule has 5 aromatic rings. The Morgan fingerprint density at radius 1 is 0.906 bits per heavy atom. The maximum absolute atomic E-state index is 8.76. The number of hydrogen-bond acceptors (Lipinski definition) is 6. The Morgan fingerprint density at radius 3 is 2.41 bits per heavy atom. The van der Waals surface area contributed by atoms with Gasteiger partial charge in [0.05, 0.1) is 54.5 Å². The molecular weight excluding hydrogens is 404 g/mol. The van der Waals surface area contributed by atoms with E-state index in [0.29, 0.717) is 17.1 Å². The van der Waals surface area contributed by atoms with Crippen LogP contribution in [0.1, 0.15) is 5.69 Å². The maximum Gasteiger partial charge on any atom is 0.207 e. The van der Waals surface area contributed by atoms with Gasteiger partial charge in [-0.15, -0.1) is 0 Å². The fraction of sp³-hybridized carbons (Fsp3) is 0.167. The topological polar surface area (TPSA) is 90.8 Å². The molecule has 0 bridgehead atoms. The average Bonchev–Trinajstić information content (AvgIpc) is 3.09. The lowest BCUT2D eigenvalue weighted by Crippen LogP contribution is -2.22. The fourth-order valence-electron chi connectivity index (χ4n) is 4.05. The molecule has 8 heteroatoms. The van der Waals surface area contributed by atoms with Gasteiger partial charge in [-0.2, -0.15) is 0 Å². The number of nitrogens with one attached hydrogen (secondary N) is 1. The minimum absolute atomic E-state index is 0.323. The van der Waals surface area contributed by atoms with Crippen molar-refractivity contribution in [3.63, 3.8) is 0 Å². The normalized spacial score (nSPS) is 11.2. The number of hydrogen-bond donors (Lipinski definition) is 1. The molecule has 5 rings (SSSR count). The molecule has 8 nitrogen and oxygen atoms in total. The van der Waals surface area contributed by atoms with Crippen LogP contribution in [-0.4, -0.2) is 38.3 Å². The highest BCUT2D eigenvalue weighted by molar-refractivity contribution is 6.04. The molecule has 3 aromatic heterocycles. The lowest BCUT2D eigenvalue weighted by molar-refractivity contribution is 0.355. The molecule has 32 heavy (non-hydrogen) atoms. The third kappa shape index (κ3) is 2.91. The third-order valence-electron chi connectivity index (χ3n) is 5.78. The van der Waals surface area contributed by atoms with E-state index >= 15 is 0 Å². The summed E-state index contributed by atoms with van der Waals surface area (Å²) in [5.74, 6) is 1.35. The molecule has 0 fully saturated rings. The van der Waals surface area contributed by atoms with Crippen LogP contribution in [0.25, 0.3) is 38.8 Å². The molecular formula is C24H22N6O2. The number of methoxy groups -OCH3 is 2. The summed E-state index contributed by atoms with van der Waals surface area (Å²) in [6.45, 7) is 1.92. The molecule has 0 saturated heterocycles. The number of aromatic nitrogens is 5. The highest BCUT2D eigenvalue weighted by atomic mass is 16.5. The van der Waals surface area contributed by atoms with Gasteiger partial charge < -0.3 is 14.0 Å². The minimum atomic E-state index is 0.323. The lowest BCUT2D eigenvalue weighted by atomic mass is 10.0. The van der Waals surface area contributed by atoms with Crippen molar-refractivity contribution in [2.45, 2.75) is 6.92 Å². The molecule has 0 unspecified atom stereocenters. The summed E-state index contributed by atoms with van der Waals surface area (Å²) in [4.78, 5) is 13.2. The number of ether oxygens (including phenoxy) is 2. The van der Waals surface area contributed by atoms with Crippen molar-refractivity contribution in [2.75, 3.05) is 14.2 Å². The van der Waals surface area contributed by atoms with E-state index in [1.54, 1.807) is 26.6 Å². The molecule has 0 saturated carbocycles. The molecule has 2 aromatic carbocycles. The second kappa shape index (κ2) is 7.49. The summed E-state index contributed by atoms with van der Waals surface area (Å²) >= 11 is 0. The first-order valence-corrected chi connectivity index (χ1v) is 10.1. The van der Waals surface area contributed by atoms with Gasteiger partial charge in [0.2, 0.25) is 5.62 Å². The zero-order valence-electron chi connectivity index (χ0n) is 18.2. The average molecular weight is 426 g/mol. The van der Waals surface area contributed by atoms with Crippen LogP contribution >= 0.6 is 0 Å². The second-order valence-electron chi connectivity index (χ2n) is 7.51. The molecule has 160 valence electrons. The molecule has 0 spiro atoms. The van der Waals surface area contributed by atoms with Gasteiger partial charge in [0.1, 0.15) is 6.33 Å². The highest BCUT2D eigenvalue weighted by Gasteiger charge is 2.17. The monoisotopic (exact) mass is 426 g/mol. The first-order chi connectivity index (χ1) is 15.5. The van der Waals surface area contributed by atoms with Crippen LogP contribution in [0.3, 0.4) is 0 Å². The van der Waals surface area contributed by atoms with Crippen molar-refractivity contribution in [2.24, 2.45) is 7.05 Å². The van der Waals surface area contributed by atoms with E-state index in [4.69, 9.17) is 14.9 Å². The van der Waals surface area contributed by atoms with Crippen molar-refractivity contribution in [3.8, 4) is 28.3 Å². The standard InChI is InChI=1S/C24H22N6O2/c1-14-19(11-26-13-28-14)30-23-17-9-15(16-6-8-21(31-3)22(10-16)32-4)5-7-18(17)27-12-20(23)29(2)24(30)25/h5-13,25H,1-4H3. The van der Waals surface area contributed by atoms with E-state index in [9.17, 15) is 0 Å². The number of aryl methyl sites for hydroxylation is 2.